The average Bonchev–Trinajstić information content (AvgIpc) is 2.83. The van der Waals surface area contributed by atoms with Crippen LogP contribution in [0, 0.1) is 15.9 Å². The molecule has 2 rings (SSSR count). The SMILES string of the molecule is Cn1cc([N+](=O)[O-])c(C(=O)NN=Cc2ccccc2F)n1. The quantitative estimate of drug-likeness (QED) is 0.520. The van der Waals surface area contributed by atoms with Gasteiger partial charge >= 0.3 is 5.69 Å². The number of aromatic nitrogens is 2. The maximum atomic E-state index is 13.3. The maximum absolute atomic E-state index is 13.3. The summed E-state index contributed by atoms with van der Waals surface area (Å²) < 4.78 is 14.4. The number of amides is 1. The monoisotopic (exact) mass is 291 g/mol. The summed E-state index contributed by atoms with van der Waals surface area (Å²) in [6, 6.07) is 5.83. The summed E-state index contributed by atoms with van der Waals surface area (Å²) in [5, 5.41) is 18.0. The largest absolute Gasteiger partial charge is 0.320 e. The van der Waals surface area contributed by atoms with Crippen molar-refractivity contribution < 1.29 is 14.1 Å². The van der Waals surface area contributed by atoms with Gasteiger partial charge in [0, 0.05) is 12.6 Å². The van der Waals surface area contributed by atoms with E-state index in [4.69, 9.17) is 0 Å². The summed E-state index contributed by atoms with van der Waals surface area (Å²) >= 11 is 0. The number of nitrogens with one attached hydrogen (secondary N) is 1. The van der Waals surface area contributed by atoms with Gasteiger partial charge in [0.1, 0.15) is 12.0 Å². The highest BCUT2D eigenvalue weighted by Gasteiger charge is 2.24. The van der Waals surface area contributed by atoms with E-state index in [1.165, 1.54) is 25.2 Å². The highest BCUT2D eigenvalue weighted by atomic mass is 19.1. The van der Waals surface area contributed by atoms with Crippen LogP contribution in [-0.2, 0) is 7.05 Å². The lowest BCUT2D eigenvalue weighted by molar-refractivity contribution is -0.385. The second-order valence-corrected chi connectivity index (χ2v) is 4.01. The van der Waals surface area contributed by atoms with E-state index in [2.05, 4.69) is 15.6 Å². The second-order valence-electron chi connectivity index (χ2n) is 4.01. The molecule has 0 aliphatic heterocycles. The average molecular weight is 291 g/mol. The third kappa shape index (κ3) is 3.26. The Bertz CT molecular complexity index is 725. The number of aryl methyl sites for hydroxylation is 1. The molecule has 0 radical (unpaired) electrons. The van der Waals surface area contributed by atoms with Gasteiger partial charge in [-0.2, -0.15) is 10.2 Å². The number of rotatable bonds is 4. The minimum absolute atomic E-state index is 0.174. The molecule has 0 aliphatic rings. The summed E-state index contributed by atoms with van der Waals surface area (Å²) in [4.78, 5) is 21.8. The van der Waals surface area contributed by atoms with Gasteiger partial charge in [-0.15, -0.1) is 0 Å². The molecule has 0 aliphatic carbocycles. The van der Waals surface area contributed by atoms with Gasteiger partial charge in [-0.25, -0.2) is 9.82 Å². The maximum Gasteiger partial charge on any atom is 0.320 e. The Morgan fingerprint density at radius 3 is 2.90 bits per heavy atom. The normalized spacial score (nSPS) is 10.8. The number of halogens is 1. The molecule has 0 atom stereocenters. The van der Waals surface area contributed by atoms with Crippen LogP contribution in [0.15, 0.2) is 35.6 Å². The molecule has 108 valence electrons. The highest BCUT2D eigenvalue weighted by Crippen LogP contribution is 2.15. The van der Waals surface area contributed by atoms with Crippen molar-refractivity contribution in [2.75, 3.05) is 0 Å². The molecular formula is C12H10FN5O3. The zero-order valence-electron chi connectivity index (χ0n) is 10.9. The fourth-order valence-corrected chi connectivity index (χ4v) is 1.56. The van der Waals surface area contributed by atoms with E-state index in [1.807, 2.05) is 0 Å². The van der Waals surface area contributed by atoms with E-state index in [9.17, 15) is 19.3 Å². The number of benzene rings is 1. The lowest BCUT2D eigenvalue weighted by atomic mass is 10.2. The van der Waals surface area contributed by atoms with Crippen LogP contribution in [0.3, 0.4) is 0 Å². The van der Waals surface area contributed by atoms with E-state index >= 15 is 0 Å². The molecule has 1 aromatic heterocycles. The Hall–Kier alpha value is -3.10. The van der Waals surface area contributed by atoms with Crippen LogP contribution in [0.5, 0.6) is 0 Å². The number of nitro groups is 1. The topological polar surface area (TPSA) is 102 Å². The molecule has 0 unspecified atom stereocenters. The van der Waals surface area contributed by atoms with Gasteiger partial charge < -0.3 is 0 Å². The van der Waals surface area contributed by atoms with Crippen LogP contribution in [0.4, 0.5) is 10.1 Å². The molecular weight excluding hydrogens is 281 g/mol. The summed E-state index contributed by atoms with van der Waals surface area (Å²) in [5.41, 5.74) is 1.44. The second kappa shape index (κ2) is 5.90. The van der Waals surface area contributed by atoms with Gasteiger partial charge in [-0.05, 0) is 6.07 Å². The van der Waals surface area contributed by atoms with Crippen molar-refractivity contribution in [1.82, 2.24) is 15.2 Å². The Morgan fingerprint density at radius 1 is 1.52 bits per heavy atom. The Balaban J connectivity index is 2.12. The minimum Gasteiger partial charge on any atom is -0.268 e. The molecule has 1 N–H and O–H groups in total. The summed E-state index contributed by atoms with van der Waals surface area (Å²) in [6.07, 6.45) is 2.21. The highest BCUT2D eigenvalue weighted by molar-refractivity contribution is 5.96. The zero-order valence-corrected chi connectivity index (χ0v) is 10.9. The predicted octanol–water partition coefficient (Wildman–Crippen LogP) is 1.23. The first kappa shape index (κ1) is 14.3. The smallest absolute Gasteiger partial charge is 0.268 e. The van der Waals surface area contributed by atoms with Gasteiger partial charge in [-0.3, -0.25) is 19.6 Å². The molecule has 0 spiro atoms. The molecule has 0 bridgehead atoms. The fraction of sp³-hybridized carbons (Fsp3) is 0.0833. The van der Waals surface area contributed by atoms with Gasteiger partial charge in [0.05, 0.1) is 11.1 Å². The first-order chi connectivity index (χ1) is 9.99. The first-order valence-electron chi connectivity index (χ1n) is 5.75. The van der Waals surface area contributed by atoms with Gasteiger partial charge in [0.15, 0.2) is 0 Å². The first-order valence-corrected chi connectivity index (χ1v) is 5.75. The van der Waals surface area contributed by atoms with E-state index in [-0.39, 0.29) is 11.3 Å². The van der Waals surface area contributed by atoms with E-state index < -0.39 is 22.3 Å². The van der Waals surface area contributed by atoms with Crippen LogP contribution in [0.2, 0.25) is 0 Å². The Morgan fingerprint density at radius 2 is 2.24 bits per heavy atom. The number of hydrazone groups is 1. The van der Waals surface area contributed by atoms with E-state index in [0.717, 1.165) is 17.1 Å². The van der Waals surface area contributed by atoms with Crippen LogP contribution in [-0.4, -0.2) is 26.8 Å². The van der Waals surface area contributed by atoms with Gasteiger partial charge in [0.2, 0.25) is 5.69 Å². The van der Waals surface area contributed by atoms with Gasteiger partial charge in [0.25, 0.3) is 5.91 Å². The predicted molar refractivity (Wildman–Crippen MR) is 71.3 cm³/mol. The Kier molecular flexibility index (Phi) is 4.02. The van der Waals surface area contributed by atoms with Crippen LogP contribution >= 0.6 is 0 Å². The zero-order chi connectivity index (χ0) is 15.4. The van der Waals surface area contributed by atoms with Crippen molar-refractivity contribution in [2.45, 2.75) is 0 Å². The summed E-state index contributed by atoms with van der Waals surface area (Å²) in [7, 11) is 1.45. The van der Waals surface area contributed by atoms with E-state index in [1.54, 1.807) is 6.07 Å². The third-order valence-electron chi connectivity index (χ3n) is 2.50. The fourth-order valence-electron chi connectivity index (χ4n) is 1.56. The molecule has 1 heterocycles. The van der Waals surface area contributed by atoms with Crippen molar-refractivity contribution >= 4 is 17.8 Å². The molecule has 0 saturated carbocycles. The van der Waals surface area contributed by atoms with Gasteiger partial charge in [-0.1, -0.05) is 18.2 Å². The number of nitrogens with zero attached hydrogens (tertiary/aromatic N) is 4. The van der Waals surface area contributed by atoms with Crippen molar-refractivity contribution in [3.8, 4) is 0 Å². The number of hydrogen-bond donors (Lipinski definition) is 1. The third-order valence-corrected chi connectivity index (χ3v) is 2.50. The molecule has 8 nitrogen and oxygen atoms in total. The van der Waals surface area contributed by atoms with E-state index in [0.29, 0.717) is 0 Å². The minimum atomic E-state index is -0.852. The lowest BCUT2D eigenvalue weighted by Gasteiger charge is -1.97. The number of carbonyl (C=O) groups excluding carboxylic acids is 1. The molecule has 9 heteroatoms. The number of carbonyl (C=O) groups is 1. The van der Waals surface area contributed by atoms with Crippen molar-refractivity contribution in [3.63, 3.8) is 0 Å². The molecule has 1 aromatic carbocycles. The molecule has 1 amide bonds. The lowest BCUT2D eigenvalue weighted by Crippen LogP contribution is -2.19. The number of hydrogen-bond acceptors (Lipinski definition) is 5. The van der Waals surface area contributed by atoms with Crippen molar-refractivity contribution in [2.24, 2.45) is 12.1 Å². The van der Waals surface area contributed by atoms with Crippen LogP contribution in [0.1, 0.15) is 16.1 Å². The molecule has 0 fully saturated rings. The molecule has 21 heavy (non-hydrogen) atoms. The van der Waals surface area contributed by atoms with Crippen LogP contribution in [0.25, 0.3) is 0 Å². The Labute approximate surface area is 118 Å². The summed E-state index contributed by atoms with van der Waals surface area (Å²) in [5.74, 6) is -1.35. The molecule has 2 aromatic rings. The van der Waals surface area contributed by atoms with Crippen LogP contribution < -0.4 is 5.43 Å². The van der Waals surface area contributed by atoms with Crippen molar-refractivity contribution in [3.05, 3.63) is 57.7 Å². The summed E-state index contributed by atoms with van der Waals surface area (Å²) in [6.45, 7) is 0. The molecule has 0 saturated heterocycles. The standard InChI is InChI=1S/C12H10FN5O3/c1-17-7-10(18(20)21)11(16-17)12(19)15-14-6-8-4-2-3-5-9(8)13/h2-7H,1H3,(H,15,19). The van der Waals surface area contributed by atoms with Crippen molar-refractivity contribution in [1.29, 1.82) is 0 Å².